The van der Waals surface area contributed by atoms with Gasteiger partial charge in [-0.1, -0.05) is 12.1 Å². The first kappa shape index (κ1) is 18.5. The van der Waals surface area contributed by atoms with Gasteiger partial charge in [-0.05, 0) is 44.2 Å². The minimum atomic E-state index is -0.695. The molecule has 138 valence electrons. The van der Waals surface area contributed by atoms with E-state index in [9.17, 15) is 14.4 Å². The predicted molar refractivity (Wildman–Crippen MR) is 100 cm³/mol. The molecule has 2 aromatic rings. The van der Waals surface area contributed by atoms with E-state index in [1.807, 2.05) is 26.0 Å². The molecule has 1 amide bonds. The third-order valence-electron chi connectivity index (χ3n) is 4.12. The van der Waals surface area contributed by atoms with Crippen molar-refractivity contribution in [1.82, 2.24) is 0 Å². The van der Waals surface area contributed by atoms with Crippen molar-refractivity contribution in [3.63, 3.8) is 0 Å². The molecule has 1 atom stereocenters. The Morgan fingerprint density at radius 1 is 1.44 bits per heavy atom. The van der Waals surface area contributed by atoms with E-state index in [2.05, 4.69) is 5.32 Å². The maximum absolute atomic E-state index is 13.7. The van der Waals surface area contributed by atoms with Gasteiger partial charge in [0, 0.05) is 17.5 Å². The molecule has 27 heavy (non-hydrogen) atoms. The Hall–Kier alpha value is -3.33. The predicted octanol–water partition coefficient (Wildman–Crippen LogP) is 4.09. The van der Waals surface area contributed by atoms with Crippen LogP contribution in [0.4, 0.5) is 10.1 Å². The van der Waals surface area contributed by atoms with Gasteiger partial charge in [0.2, 0.25) is 0 Å². The Balaban J connectivity index is 1.93. The molecule has 1 N–H and O–H groups in total. The van der Waals surface area contributed by atoms with Gasteiger partial charge >= 0.3 is 0 Å². The van der Waals surface area contributed by atoms with E-state index in [1.165, 1.54) is 24.3 Å². The number of hydrogen-bond acceptors (Lipinski definition) is 4. The van der Waals surface area contributed by atoms with Gasteiger partial charge in [0.1, 0.15) is 35.1 Å². The van der Waals surface area contributed by atoms with Crippen LogP contribution in [-0.4, -0.2) is 18.6 Å². The normalized spacial score (nSPS) is 15.5. The standard InChI is InChI=1S/C21H19FN2O3/c1-3-26-19-10-14-8-13(2)27-20(14)11-15(19)9-16(12-23)21(25)24-18-7-5-4-6-17(18)22/h4-7,9-11,13H,3,8H2,1-2H3,(H,24,25)/b16-9+/t13-/m1/s1. The lowest BCUT2D eigenvalue weighted by atomic mass is 10.0. The number of anilines is 1. The van der Waals surface area contributed by atoms with Crippen LogP contribution in [0.2, 0.25) is 0 Å². The van der Waals surface area contributed by atoms with E-state index in [0.717, 1.165) is 12.0 Å². The van der Waals surface area contributed by atoms with Crippen LogP contribution in [0, 0.1) is 17.1 Å². The zero-order valence-electron chi connectivity index (χ0n) is 15.1. The fourth-order valence-corrected chi connectivity index (χ4v) is 2.90. The van der Waals surface area contributed by atoms with Crippen LogP contribution in [0.5, 0.6) is 11.5 Å². The summed E-state index contributed by atoms with van der Waals surface area (Å²) in [4.78, 5) is 12.4. The Morgan fingerprint density at radius 3 is 2.93 bits per heavy atom. The Kier molecular flexibility index (Phi) is 5.41. The fraction of sp³-hybridized carbons (Fsp3) is 0.238. The van der Waals surface area contributed by atoms with Crippen LogP contribution >= 0.6 is 0 Å². The minimum Gasteiger partial charge on any atom is -0.493 e. The second kappa shape index (κ2) is 7.92. The van der Waals surface area contributed by atoms with E-state index < -0.39 is 11.7 Å². The van der Waals surface area contributed by atoms with Crippen LogP contribution in [0.3, 0.4) is 0 Å². The van der Waals surface area contributed by atoms with E-state index in [0.29, 0.717) is 23.7 Å². The molecule has 0 aromatic heterocycles. The SMILES string of the molecule is CCOc1cc2c(cc1/C=C(\C#N)C(=O)Nc1ccccc1F)O[C@H](C)C2. The molecule has 0 fully saturated rings. The smallest absolute Gasteiger partial charge is 0.266 e. The van der Waals surface area contributed by atoms with E-state index in [1.54, 1.807) is 12.1 Å². The molecule has 1 heterocycles. The van der Waals surface area contributed by atoms with Gasteiger partial charge < -0.3 is 14.8 Å². The first-order chi connectivity index (χ1) is 13.0. The topological polar surface area (TPSA) is 71.3 Å². The van der Waals surface area contributed by atoms with Gasteiger partial charge in [0.15, 0.2) is 0 Å². The van der Waals surface area contributed by atoms with Crippen LogP contribution in [-0.2, 0) is 11.2 Å². The van der Waals surface area contributed by atoms with E-state index in [4.69, 9.17) is 9.47 Å². The highest BCUT2D eigenvalue weighted by atomic mass is 19.1. The molecular weight excluding hydrogens is 347 g/mol. The summed E-state index contributed by atoms with van der Waals surface area (Å²) in [5.41, 5.74) is 1.44. The zero-order chi connectivity index (χ0) is 19.4. The number of carbonyl (C=O) groups excluding carboxylic acids is 1. The zero-order valence-corrected chi connectivity index (χ0v) is 15.1. The maximum Gasteiger partial charge on any atom is 0.266 e. The van der Waals surface area contributed by atoms with Crippen LogP contribution < -0.4 is 14.8 Å². The number of nitriles is 1. The molecular formula is C21H19FN2O3. The van der Waals surface area contributed by atoms with Crippen molar-refractivity contribution in [2.45, 2.75) is 26.4 Å². The van der Waals surface area contributed by atoms with Crippen molar-refractivity contribution >= 4 is 17.7 Å². The minimum absolute atomic E-state index is 0.0137. The lowest BCUT2D eigenvalue weighted by Crippen LogP contribution is -2.14. The second-order valence-corrected chi connectivity index (χ2v) is 6.17. The maximum atomic E-state index is 13.7. The molecule has 0 saturated carbocycles. The number of ether oxygens (including phenoxy) is 2. The van der Waals surface area contributed by atoms with Crippen LogP contribution in [0.1, 0.15) is 25.0 Å². The number of halogens is 1. The molecule has 0 radical (unpaired) electrons. The Morgan fingerprint density at radius 2 is 2.22 bits per heavy atom. The number of para-hydroxylation sites is 1. The molecule has 0 bridgehead atoms. The monoisotopic (exact) mass is 366 g/mol. The largest absolute Gasteiger partial charge is 0.493 e. The number of nitrogens with zero attached hydrogens (tertiary/aromatic N) is 1. The molecule has 5 nitrogen and oxygen atoms in total. The first-order valence-electron chi connectivity index (χ1n) is 8.65. The molecule has 0 spiro atoms. The average molecular weight is 366 g/mol. The summed E-state index contributed by atoms with van der Waals surface area (Å²) in [6.07, 6.45) is 2.26. The third kappa shape index (κ3) is 4.09. The Labute approximate surface area is 157 Å². The molecule has 0 unspecified atom stereocenters. The molecule has 2 aromatic carbocycles. The number of fused-ring (bicyclic) bond motifs is 1. The van der Waals surface area contributed by atoms with E-state index in [-0.39, 0.29) is 17.4 Å². The van der Waals surface area contributed by atoms with Crippen molar-refractivity contribution < 1.29 is 18.7 Å². The highest BCUT2D eigenvalue weighted by molar-refractivity contribution is 6.09. The summed E-state index contributed by atoms with van der Waals surface area (Å²) < 4.78 is 25.2. The van der Waals surface area contributed by atoms with Crippen LogP contribution in [0.25, 0.3) is 6.08 Å². The van der Waals surface area contributed by atoms with Gasteiger partial charge in [-0.2, -0.15) is 5.26 Å². The van der Waals surface area contributed by atoms with Crippen molar-refractivity contribution in [1.29, 1.82) is 5.26 Å². The van der Waals surface area contributed by atoms with Gasteiger partial charge in [0.05, 0.1) is 12.3 Å². The highest BCUT2D eigenvalue weighted by Gasteiger charge is 2.22. The summed E-state index contributed by atoms with van der Waals surface area (Å²) in [6, 6.07) is 11.3. The van der Waals surface area contributed by atoms with E-state index >= 15 is 0 Å². The third-order valence-corrected chi connectivity index (χ3v) is 4.12. The van der Waals surface area contributed by atoms with Gasteiger partial charge in [0.25, 0.3) is 5.91 Å². The quantitative estimate of drug-likeness (QED) is 0.639. The molecule has 0 aliphatic carbocycles. The summed E-state index contributed by atoms with van der Waals surface area (Å²) in [5.74, 6) is 0.0160. The molecule has 0 saturated heterocycles. The van der Waals surface area contributed by atoms with Crippen molar-refractivity contribution in [3.05, 3.63) is 58.9 Å². The lowest BCUT2D eigenvalue weighted by molar-refractivity contribution is -0.112. The fourth-order valence-electron chi connectivity index (χ4n) is 2.90. The number of rotatable bonds is 5. The summed E-state index contributed by atoms with van der Waals surface area (Å²) in [6.45, 7) is 4.27. The van der Waals surface area contributed by atoms with Crippen molar-refractivity contribution in [3.8, 4) is 17.6 Å². The number of amides is 1. The second-order valence-electron chi connectivity index (χ2n) is 6.17. The number of nitrogens with one attached hydrogen (secondary N) is 1. The molecule has 6 heteroatoms. The molecule has 1 aliphatic heterocycles. The lowest BCUT2D eigenvalue weighted by Gasteiger charge is -2.11. The first-order valence-corrected chi connectivity index (χ1v) is 8.65. The van der Waals surface area contributed by atoms with Crippen molar-refractivity contribution in [2.24, 2.45) is 0 Å². The summed E-state index contributed by atoms with van der Waals surface area (Å²) in [5, 5.41) is 11.8. The summed E-state index contributed by atoms with van der Waals surface area (Å²) in [7, 11) is 0. The molecule has 1 aliphatic rings. The average Bonchev–Trinajstić information content (AvgIpc) is 3.00. The van der Waals surface area contributed by atoms with Gasteiger partial charge in [-0.15, -0.1) is 0 Å². The summed E-state index contributed by atoms with van der Waals surface area (Å²) >= 11 is 0. The van der Waals surface area contributed by atoms with Crippen molar-refractivity contribution in [2.75, 3.05) is 11.9 Å². The van der Waals surface area contributed by atoms with Crippen LogP contribution in [0.15, 0.2) is 42.0 Å². The number of carbonyl (C=O) groups is 1. The number of hydrogen-bond donors (Lipinski definition) is 1. The highest BCUT2D eigenvalue weighted by Crippen LogP contribution is 2.36. The van der Waals surface area contributed by atoms with Gasteiger partial charge in [-0.3, -0.25) is 4.79 Å². The molecule has 3 rings (SSSR count). The number of benzene rings is 2. The van der Waals surface area contributed by atoms with Gasteiger partial charge in [-0.25, -0.2) is 4.39 Å². The Bertz CT molecular complexity index is 947.